The van der Waals surface area contributed by atoms with Gasteiger partial charge in [0.05, 0.1) is 6.10 Å². The molecule has 3 nitrogen and oxygen atoms in total. The molecule has 2 rings (SSSR count). The number of rotatable bonds is 7. The lowest BCUT2D eigenvalue weighted by molar-refractivity contribution is 0.0686. The Labute approximate surface area is 131 Å². The van der Waals surface area contributed by atoms with E-state index in [1.165, 1.54) is 45.2 Å². The molecule has 0 radical (unpaired) electrons. The molecule has 3 unspecified atom stereocenters. The number of nitrogens with one attached hydrogen (secondary N) is 1. The van der Waals surface area contributed by atoms with Crippen LogP contribution in [0, 0.1) is 11.8 Å². The molecule has 3 heteroatoms. The second-order valence-corrected chi connectivity index (χ2v) is 7.70. The number of aliphatic hydroxyl groups excluding tert-OH is 1. The Morgan fingerprint density at radius 3 is 2.48 bits per heavy atom. The lowest BCUT2D eigenvalue weighted by Crippen LogP contribution is -2.52. The number of aliphatic hydroxyl groups is 1. The van der Waals surface area contributed by atoms with Crippen LogP contribution in [0.3, 0.4) is 0 Å². The minimum atomic E-state index is -0.113. The zero-order chi connectivity index (χ0) is 15.2. The van der Waals surface area contributed by atoms with Crippen LogP contribution in [0.15, 0.2) is 0 Å². The molecule has 1 heterocycles. The second-order valence-electron chi connectivity index (χ2n) is 7.70. The summed E-state index contributed by atoms with van der Waals surface area (Å²) >= 11 is 0. The molecular formula is C18H36N2O. The van der Waals surface area contributed by atoms with Crippen LogP contribution in [-0.4, -0.2) is 47.8 Å². The van der Waals surface area contributed by atoms with Crippen molar-refractivity contribution in [3.8, 4) is 0 Å². The van der Waals surface area contributed by atoms with Gasteiger partial charge in [0.1, 0.15) is 0 Å². The molecule has 3 atom stereocenters. The summed E-state index contributed by atoms with van der Waals surface area (Å²) in [4.78, 5) is 2.60. The Hall–Kier alpha value is -0.120. The number of nitrogens with zero attached hydrogens (tertiary/aromatic N) is 1. The van der Waals surface area contributed by atoms with E-state index < -0.39 is 0 Å². The van der Waals surface area contributed by atoms with Gasteiger partial charge in [-0.3, -0.25) is 4.90 Å². The quantitative estimate of drug-likeness (QED) is 0.758. The van der Waals surface area contributed by atoms with Crippen molar-refractivity contribution in [3.05, 3.63) is 0 Å². The Morgan fingerprint density at radius 2 is 1.86 bits per heavy atom. The van der Waals surface area contributed by atoms with E-state index in [2.05, 4.69) is 31.0 Å². The van der Waals surface area contributed by atoms with Crippen LogP contribution in [0.1, 0.15) is 65.7 Å². The summed E-state index contributed by atoms with van der Waals surface area (Å²) in [5.41, 5.74) is 0. The largest absolute Gasteiger partial charge is 0.393 e. The zero-order valence-corrected chi connectivity index (χ0v) is 14.4. The summed E-state index contributed by atoms with van der Waals surface area (Å²) in [6.45, 7) is 10.2. The highest BCUT2D eigenvalue weighted by atomic mass is 16.3. The van der Waals surface area contributed by atoms with Crippen LogP contribution >= 0.6 is 0 Å². The summed E-state index contributed by atoms with van der Waals surface area (Å²) in [6, 6.07) is 1.23. The standard InChI is InChI=1S/C18H36N2O/c1-4-18(21)10-16-9-17(13-20(12-16)14(2)3)19-11-15-7-5-6-8-15/h14-19,21H,4-13H2,1-3H3. The fourth-order valence-electron chi connectivity index (χ4n) is 4.08. The third kappa shape index (κ3) is 5.54. The second kappa shape index (κ2) is 8.50. The predicted octanol–water partition coefficient (Wildman–Crippen LogP) is 3.03. The normalized spacial score (nSPS) is 30.1. The van der Waals surface area contributed by atoms with Crippen molar-refractivity contribution in [1.82, 2.24) is 10.2 Å². The van der Waals surface area contributed by atoms with Crippen molar-refractivity contribution in [1.29, 1.82) is 0 Å². The first-order valence-corrected chi connectivity index (χ1v) is 9.24. The van der Waals surface area contributed by atoms with Crippen molar-refractivity contribution in [2.45, 2.75) is 83.9 Å². The van der Waals surface area contributed by atoms with E-state index >= 15 is 0 Å². The van der Waals surface area contributed by atoms with Crippen LogP contribution < -0.4 is 5.32 Å². The number of piperidine rings is 1. The molecule has 2 fully saturated rings. The molecule has 1 saturated heterocycles. The summed E-state index contributed by atoms with van der Waals surface area (Å²) in [5, 5.41) is 13.8. The third-order valence-corrected chi connectivity index (χ3v) is 5.54. The Kier molecular flexibility index (Phi) is 6.97. The van der Waals surface area contributed by atoms with Crippen molar-refractivity contribution in [2.75, 3.05) is 19.6 Å². The lowest BCUT2D eigenvalue weighted by Gasteiger charge is -2.41. The van der Waals surface area contributed by atoms with Crippen molar-refractivity contribution >= 4 is 0 Å². The first-order valence-electron chi connectivity index (χ1n) is 9.24. The molecule has 0 aromatic rings. The highest BCUT2D eigenvalue weighted by Gasteiger charge is 2.29. The zero-order valence-electron chi connectivity index (χ0n) is 14.4. The molecule has 124 valence electrons. The molecule has 1 saturated carbocycles. The van der Waals surface area contributed by atoms with Gasteiger partial charge in [-0.1, -0.05) is 19.8 Å². The smallest absolute Gasteiger partial charge is 0.0540 e. The van der Waals surface area contributed by atoms with E-state index in [9.17, 15) is 5.11 Å². The maximum atomic E-state index is 9.98. The molecule has 0 aromatic heterocycles. The van der Waals surface area contributed by atoms with E-state index in [0.717, 1.165) is 25.3 Å². The van der Waals surface area contributed by atoms with Gasteiger partial charge in [-0.2, -0.15) is 0 Å². The molecule has 1 aliphatic heterocycles. The molecule has 0 spiro atoms. The molecule has 0 aromatic carbocycles. The molecule has 2 aliphatic rings. The van der Waals surface area contributed by atoms with Gasteiger partial charge < -0.3 is 10.4 Å². The van der Waals surface area contributed by atoms with Crippen molar-refractivity contribution in [2.24, 2.45) is 11.8 Å². The van der Waals surface area contributed by atoms with Crippen LogP contribution in [0.4, 0.5) is 0 Å². The number of hydrogen-bond acceptors (Lipinski definition) is 3. The highest BCUT2D eigenvalue weighted by Crippen LogP contribution is 2.26. The maximum absolute atomic E-state index is 9.98. The molecule has 2 N–H and O–H groups in total. The minimum absolute atomic E-state index is 0.113. The molecule has 0 bridgehead atoms. The van der Waals surface area contributed by atoms with Crippen LogP contribution in [0.2, 0.25) is 0 Å². The highest BCUT2D eigenvalue weighted by molar-refractivity contribution is 4.86. The average Bonchev–Trinajstić information content (AvgIpc) is 2.98. The number of likely N-dealkylation sites (tertiary alicyclic amines) is 1. The van der Waals surface area contributed by atoms with E-state index in [1.807, 2.05) is 0 Å². The summed E-state index contributed by atoms with van der Waals surface area (Å²) in [7, 11) is 0. The third-order valence-electron chi connectivity index (χ3n) is 5.54. The van der Waals surface area contributed by atoms with E-state index in [1.54, 1.807) is 0 Å². The molecular weight excluding hydrogens is 260 g/mol. The average molecular weight is 296 g/mol. The van der Waals surface area contributed by atoms with Crippen LogP contribution in [0.5, 0.6) is 0 Å². The van der Waals surface area contributed by atoms with Crippen LogP contribution in [-0.2, 0) is 0 Å². The fraction of sp³-hybridized carbons (Fsp3) is 1.00. The monoisotopic (exact) mass is 296 g/mol. The van der Waals surface area contributed by atoms with E-state index in [4.69, 9.17) is 0 Å². The summed E-state index contributed by atoms with van der Waals surface area (Å²) in [6.07, 6.45) is 8.70. The summed E-state index contributed by atoms with van der Waals surface area (Å²) in [5.74, 6) is 1.57. The number of hydrogen-bond donors (Lipinski definition) is 2. The molecule has 21 heavy (non-hydrogen) atoms. The summed E-state index contributed by atoms with van der Waals surface area (Å²) < 4.78 is 0. The van der Waals surface area contributed by atoms with Gasteiger partial charge in [0.2, 0.25) is 0 Å². The van der Waals surface area contributed by atoms with Gasteiger partial charge in [-0.05, 0) is 64.3 Å². The fourth-order valence-corrected chi connectivity index (χ4v) is 4.08. The van der Waals surface area contributed by atoms with Gasteiger partial charge in [0.15, 0.2) is 0 Å². The van der Waals surface area contributed by atoms with Gasteiger partial charge in [0.25, 0.3) is 0 Å². The van der Waals surface area contributed by atoms with E-state index in [0.29, 0.717) is 18.0 Å². The first kappa shape index (κ1) is 17.2. The van der Waals surface area contributed by atoms with Crippen molar-refractivity contribution < 1.29 is 5.11 Å². The first-order chi connectivity index (χ1) is 10.1. The topological polar surface area (TPSA) is 35.5 Å². The maximum Gasteiger partial charge on any atom is 0.0540 e. The van der Waals surface area contributed by atoms with Gasteiger partial charge >= 0.3 is 0 Å². The predicted molar refractivity (Wildman–Crippen MR) is 89.5 cm³/mol. The lowest BCUT2D eigenvalue weighted by atomic mass is 9.88. The van der Waals surface area contributed by atoms with E-state index in [-0.39, 0.29) is 6.10 Å². The van der Waals surface area contributed by atoms with Crippen molar-refractivity contribution in [3.63, 3.8) is 0 Å². The van der Waals surface area contributed by atoms with Crippen LogP contribution in [0.25, 0.3) is 0 Å². The Bertz CT molecular complexity index is 289. The molecule has 1 aliphatic carbocycles. The molecule has 0 amide bonds. The van der Waals surface area contributed by atoms with Gasteiger partial charge in [-0.25, -0.2) is 0 Å². The SMILES string of the molecule is CCC(O)CC1CC(NCC2CCCC2)CN(C(C)C)C1. The Balaban J connectivity index is 1.83. The van der Waals surface area contributed by atoms with Gasteiger partial charge in [-0.15, -0.1) is 0 Å². The van der Waals surface area contributed by atoms with Gasteiger partial charge in [0, 0.05) is 25.2 Å². The Morgan fingerprint density at radius 1 is 1.14 bits per heavy atom. The minimum Gasteiger partial charge on any atom is -0.393 e.